The van der Waals surface area contributed by atoms with E-state index in [1.165, 1.54) is 31.4 Å². The topological polar surface area (TPSA) is 29.9 Å². The molecule has 18 heavy (non-hydrogen) atoms. The summed E-state index contributed by atoms with van der Waals surface area (Å²) in [5, 5.41) is 3.34. The molecule has 2 rings (SSSR count). The summed E-state index contributed by atoms with van der Waals surface area (Å²) in [5.41, 5.74) is 1.79. The average Bonchev–Trinajstić information content (AvgIpc) is 2.63. The Morgan fingerprint density at radius 3 is 2.78 bits per heavy atom. The summed E-state index contributed by atoms with van der Waals surface area (Å²) >= 11 is 0. The fraction of sp³-hybridized carbons (Fsp3) is 0.800. The van der Waals surface area contributed by atoms with Crippen LogP contribution in [0.4, 0.5) is 0 Å². The molecule has 102 valence electrons. The van der Waals surface area contributed by atoms with E-state index in [0.29, 0.717) is 11.3 Å². The van der Waals surface area contributed by atoms with E-state index < -0.39 is 0 Å². The van der Waals surface area contributed by atoms with Gasteiger partial charge in [-0.15, -0.1) is 0 Å². The molecule has 0 atom stereocenters. The molecule has 0 amide bonds. The molecule has 0 saturated carbocycles. The maximum Gasteiger partial charge on any atom is 0.0948 e. The number of aromatic nitrogens is 2. The lowest BCUT2D eigenvalue weighted by Gasteiger charge is -2.31. The van der Waals surface area contributed by atoms with Crippen LogP contribution in [0.2, 0.25) is 0 Å². The second kappa shape index (κ2) is 5.87. The van der Waals surface area contributed by atoms with Crippen molar-refractivity contribution in [3.8, 4) is 0 Å². The maximum absolute atomic E-state index is 4.34. The van der Waals surface area contributed by atoms with Crippen LogP contribution >= 0.6 is 0 Å². The molecule has 0 bridgehead atoms. The minimum absolute atomic E-state index is 0.377. The number of nitrogens with zero attached hydrogens (tertiary/aromatic N) is 2. The largest absolute Gasteiger partial charge is 0.334 e. The maximum atomic E-state index is 4.34. The normalized spacial score (nSPS) is 16.8. The van der Waals surface area contributed by atoms with Gasteiger partial charge in [0.15, 0.2) is 0 Å². The highest BCUT2D eigenvalue weighted by Gasteiger charge is 2.25. The highest BCUT2D eigenvalue weighted by atomic mass is 15.1. The average molecular weight is 249 g/mol. The highest BCUT2D eigenvalue weighted by molar-refractivity contribution is 5.11. The Kier molecular flexibility index (Phi) is 4.44. The molecule has 1 aliphatic heterocycles. The van der Waals surface area contributed by atoms with Crippen LogP contribution in [0.15, 0.2) is 12.5 Å². The van der Waals surface area contributed by atoms with E-state index in [4.69, 9.17) is 0 Å². The van der Waals surface area contributed by atoms with E-state index in [0.717, 1.165) is 19.6 Å². The van der Waals surface area contributed by atoms with Gasteiger partial charge in [0.25, 0.3) is 0 Å². The monoisotopic (exact) mass is 249 g/mol. The third-order valence-electron chi connectivity index (χ3n) is 4.00. The van der Waals surface area contributed by atoms with Gasteiger partial charge in [0.2, 0.25) is 0 Å². The SMILES string of the molecule is CCCCCC(C)(C)Cn1cncc1C1CNC1. The fourth-order valence-electron chi connectivity index (χ4n) is 2.69. The first kappa shape index (κ1) is 13.6. The molecular weight excluding hydrogens is 222 g/mol. The zero-order valence-corrected chi connectivity index (χ0v) is 12.1. The van der Waals surface area contributed by atoms with Crippen molar-refractivity contribution in [2.45, 2.75) is 58.9 Å². The molecule has 1 fully saturated rings. The zero-order valence-electron chi connectivity index (χ0n) is 12.1. The Labute approximate surface area is 111 Å². The number of unbranched alkanes of at least 4 members (excludes halogenated alkanes) is 2. The Balaban J connectivity index is 1.93. The van der Waals surface area contributed by atoms with Crippen molar-refractivity contribution in [2.24, 2.45) is 5.41 Å². The summed E-state index contributed by atoms with van der Waals surface area (Å²) in [6.07, 6.45) is 9.37. The second-order valence-corrected chi connectivity index (χ2v) is 6.42. The minimum Gasteiger partial charge on any atom is -0.334 e. The highest BCUT2D eigenvalue weighted by Crippen LogP contribution is 2.28. The minimum atomic E-state index is 0.377. The summed E-state index contributed by atoms with van der Waals surface area (Å²) < 4.78 is 2.37. The van der Waals surface area contributed by atoms with Gasteiger partial charge < -0.3 is 9.88 Å². The predicted octanol–water partition coefficient (Wildman–Crippen LogP) is 3.18. The molecule has 1 aliphatic rings. The summed E-state index contributed by atoms with van der Waals surface area (Å²) in [4.78, 5) is 4.34. The predicted molar refractivity (Wildman–Crippen MR) is 75.8 cm³/mol. The van der Waals surface area contributed by atoms with Crippen molar-refractivity contribution >= 4 is 0 Å². The van der Waals surface area contributed by atoms with Crippen LogP contribution in [-0.2, 0) is 6.54 Å². The van der Waals surface area contributed by atoms with Crippen LogP contribution in [0.3, 0.4) is 0 Å². The Hall–Kier alpha value is -0.830. The van der Waals surface area contributed by atoms with Gasteiger partial charge in [-0.25, -0.2) is 4.98 Å². The number of hydrogen-bond donors (Lipinski definition) is 1. The second-order valence-electron chi connectivity index (χ2n) is 6.42. The third-order valence-corrected chi connectivity index (χ3v) is 4.00. The van der Waals surface area contributed by atoms with E-state index in [-0.39, 0.29) is 0 Å². The van der Waals surface area contributed by atoms with Crippen molar-refractivity contribution in [2.75, 3.05) is 13.1 Å². The van der Waals surface area contributed by atoms with E-state index in [9.17, 15) is 0 Å². The number of rotatable bonds is 7. The van der Waals surface area contributed by atoms with Crippen LogP contribution in [0.25, 0.3) is 0 Å². The molecule has 0 unspecified atom stereocenters. The number of nitrogens with one attached hydrogen (secondary N) is 1. The molecular formula is C15H27N3. The summed E-state index contributed by atoms with van der Waals surface area (Å²) in [6.45, 7) is 10.4. The summed E-state index contributed by atoms with van der Waals surface area (Å²) in [5.74, 6) is 0.680. The van der Waals surface area contributed by atoms with Gasteiger partial charge in [0.1, 0.15) is 0 Å². The Morgan fingerprint density at radius 1 is 1.39 bits per heavy atom. The van der Waals surface area contributed by atoms with E-state index in [1.54, 1.807) is 0 Å². The van der Waals surface area contributed by atoms with Crippen LogP contribution in [0.5, 0.6) is 0 Å². The van der Waals surface area contributed by atoms with Crippen molar-refractivity contribution in [1.82, 2.24) is 14.9 Å². The molecule has 1 aromatic rings. The third kappa shape index (κ3) is 3.35. The molecule has 0 aromatic carbocycles. The molecule has 0 spiro atoms. The molecule has 0 aliphatic carbocycles. The first-order chi connectivity index (χ1) is 8.62. The standard InChI is InChI=1S/C15H27N3/c1-4-5-6-7-15(2,3)11-18-12-17-10-14(18)13-8-16-9-13/h10,12-13,16H,4-9,11H2,1-3H3. The van der Waals surface area contributed by atoms with Crippen molar-refractivity contribution < 1.29 is 0 Å². The first-order valence-corrected chi connectivity index (χ1v) is 7.33. The van der Waals surface area contributed by atoms with Crippen molar-refractivity contribution in [3.05, 3.63) is 18.2 Å². The zero-order chi connectivity index (χ0) is 13.0. The number of hydrogen-bond acceptors (Lipinski definition) is 2. The van der Waals surface area contributed by atoms with Gasteiger partial charge >= 0.3 is 0 Å². The van der Waals surface area contributed by atoms with Gasteiger partial charge in [0.05, 0.1) is 6.33 Å². The fourth-order valence-corrected chi connectivity index (χ4v) is 2.69. The quantitative estimate of drug-likeness (QED) is 0.752. The van der Waals surface area contributed by atoms with Gasteiger partial charge in [-0.1, -0.05) is 40.0 Å². The molecule has 1 aromatic heterocycles. The van der Waals surface area contributed by atoms with Gasteiger partial charge in [-0.2, -0.15) is 0 Å². The Bertz CT molecular complexity index is 364. The van der Waals surface area contributed by atoms with Gasteiger partial charge in [-0.3, -0.25) is 0 Å². The van der Waals surface area contributed by atoms with E-state index in [1.807, 2.05) is 12.5 Å². The molecule has 0 radical (unpaired) electrons. The number of imidazole rings is 1. The Morgan fingerprint density at radius 2 is 2.17 bits per heavy atom. The first-order valence-electron chi connectivity index (χ1n) is 7.33. The van der Waals surface area contributed by atoms with Crippen LogP contribution in [-0.4, -0.2) is 22.6 Å². The lowest BCUT2D eigenvalue weighted by atomic mass is 9.86. The smallest absolute Gasteiger partial charge is 0.0948 e. The van der Waals surface area contributed by atoms with Gasteiger partial charge in [-0.05, 0) is 11.8 Å². The van der Waals surface area contributed by atoms with Crippen molar-refractivity contribution in [1.29, 1.82) is 0 Å². The van der Waals surface area contributed by atoms with Crippen molar-refractivity contribution in [3.63, 3.8) is 0 Å². The van der Waals surface area contributed by atoms with Gasteiger partial charge in [0, 0.05) is 37.4 Å². The van der Waals surface area contributed by atoms with Crippen LogP contribution < -0.4 is 5.32 Å². The van der Waals surface area contributed by atoms with Crippen LogP contribution in [0, 0.1) is 5.41 Å². The van der Waals surface area contributed by atoms with Crippen LogP contribution in [0.1, 0.15) is 58.1 Å². The summed E-state index contributed by atoms with van der Waals surface area (Å²) in [6, 6.07) is 0. The molecule has 1 N–H and O–H groups in total. The molecule has 3 heteroatoms. The lowest BCUT2D eigenvalue weighted by molar-refractivity contribution is 0.263. The summed E-state index contributed by atoms with van der Waals surface area (Å²) in [7, 11) is 0. The molecule has 1 saturated heterocycles. The molecule has 2 heterocycles. The van der Waals surface area contributed by atoms with E-state index >= 15 is 0 Å². The molecule has 3 nitrogen and oxygen atoms in total. The van der Waals surface area contributed by atoms with E-state index in [2.05, 4.69) is 35.6 Å². The lowest BCUT2D eigenvalue weighted by Crippen LogP contribution is -2.41.